The Morgan fingerprint density at radius 3 is 2.55 bits per heavy atom. The van der Waals surface area contributed by atoms with Gasteiger partial charge in [-0.05, 0) is 79.9 Å². The van der Waals surface area contributed by atoms with Crippen molar-refractivity contribution in [3.05, 3.63) is 130 Å². The highest BCUT2D eigenvalue weighted by Crippen LogP contribution is 2.39. The molecule has 3 aromatic carbocycles. The van der Waals surface area contributed by atoms with Crippen LogP contribution in [-0.4, -0.2) is 25.3 Å². The first-order valence-corrected chi connectivity index (χ1v) is 13.0. The Bertz CT molecular complexity index is 1650. The van der Waals surface area contributed by atoms with Crippen LogP contribution < -0.4 is 5.32 Å². The van der Waals surface area contributed by atoms with Gasteiger partial charge in [-0.3, -0.25) is 0 Å². The summed E-state index contributed by atoms with van der Waals surface area (Å²) in [5.41, 5.74) is 7.63. The molecule has 1 unspecified atom stereocenters. The number of rotatable bonds is 3. The molecule has 0 saturated heterocycles. The van der Waals surface area contributed by atoms with Gasteiger partial charge in [0.1, 0.15) is 5.82 Å². The van der Waals surface area contributed by atoms with Crippen molar-refractivity contribution < 1.29 is 4.79 Å². The summed E-state index contributed by atoms with van der Waals surface area (Å²) in [6.07, 6.45) is 2.04. The SMILES string of the molecule is Cc1ccc(C)c(NC(=O)N2Cc3c(C)nn(-c4ccccc4)c3-n3cccc3C2c2cccc(Cl)c2)c1. The number of hydrogen-bond donors (Lipinski definition) is 1. The lowest BCUT2D eigenvalue weighted by Gasteiger charge is -2.31. The molecule has 6 rings (SSSR count). The average Bonchev–Trinajstić information content (AvgIpc) is 3.47. The third-order valence-corrected chi connectivity index (χ3v) is 7.38. The second-order valence-corrected chi connectivity index (χ2v) is 10.2. The van der Waals surface area contributed by atoms with Crippen molar-refractivity contribution in [2.24, 2.45) is 0 Å². The van der Waals surface area contributed by atoms with E-state index in [4.69, 9.17) is 16.7 Å². The maximum absolute atomic E-state index is 14.1. The van der Waals surface area contributed by atoms with E-state index in [2.05, 4.69) is 16.0 Å². The largest absolute Gasteiger partial charge is 0.322 e. The van der Waals surface area contributed by atoms with E-state index in [1.165, 1.54) is 0 Å². The molecule has 7 heteroatoms. The summed E-state index contributed by atoms with van der Waals surface area (Å²) in [5, 5.41) is 8.74. The second-order valence-electron chi connectivity index (χ2n) is 9.77. The van der Waals surface area contributed by atoms with E-state index < -0.39 is 0 Å². The number of amides is 2. The lowest BCUT2D eigenvalue weighted by atomic mass is 10.0. The van der Waals surface area contributed by atoms with Gasteiger partial charge in [-0.25, -0.2) is 9.48 Å². The summed E-state index contributed by atoms with van der Waals surface area (Å²) >= 11 is 6.46. The molecule has 0 fully saturated rings. The predicted molar refractivity (Wildman–Crippen MR) is 151 cm³/mol. The minimum atomic E-state index is -0.371. The zero-order valence-corrected chi connectivity index (χ0v) is 22.3. The molecular weight excluding hydrogens is 494 g/mol. The summed E-state index contributed by atoms with van der Waals surface area (Å²) in [6.45, 7) is 6.41. The van der Waals surface area contributed by atoms with Gasteiger partial charge in [-0.2, -0.15) is 5.10 Å². The van der Waals surface area contributed by atoms with E-state index in [1.54, 1.807) is 0 Å². The predicted octanol–water partition coefficient (Wildman–Crippen LogP) is 7.38. The minimum Gasteiger partial charge on any atom is -0.308 e. The van der Waals surface area contributed by atoms with E-state index >= 15 is 0 Å². The molecule has 0 bridgehead atoms. The lowest BCUT2D eigenvalue weighted by molar-refractivity contribution is 0.194. The number of fused-ring (bicyclic) bond motifs is 3. The van der Waals surface area contributed by atoms with Crippen LogP contribution in [0.1, 0.15) is 39.7 Å². The number of aryl methyl sites for hydroxylation is 3. The molecule has 3 heterocycles. The number of anilines is 1. The van der Waals surface area contributed by atoms with Gasteiger partial charge in [0.25, 0.3) is 0 Å². The third kappa shape index (κ3) is 4.17. The molecule has 0 spiro atoms. The van der Waals surface area contributed by atoms with Crippen LogP contribution in [0.25, 0.3) is 11.5 Å². The Labute approximate surface area is 227 Å². The lowest BCUT2D eigenvalue weighted by Crippen LogP contribution is -2.38. The quantitative estimate of drug-likeness (QED) is 0.269. The maximum Gasteiger partial charge on any atom is 0.322 e. The van der Waals surface area contributed by atoms with Gasteiger partial charge < -0.3 is 14.8 Å². The molecule has 1 aliphatic heterocycles. The highest BCUT2D eigenvalue weighted by atomic mass is 35.5. The van der Waals surface area contributed by atoms with Crippen LogP contribution in [0.4, 0.5) is 10.5 Å². The van der Waals surface area contributed by atoms with Crippen molar-refractivity contribution >= 4 is 23.3 Å². The molecule has 0 saturated carbocycles. The zero-order valence-electron chi connectivity index (χ0n) is 21.5. The number of nitrogens with zero attached hydrogens (tertiary/aromatic N) is 4. The van der Waals surface area contributed by atoms with Crippen LogP contribution in [0, 0.1) is 20.8 Å². The fourth-order valence-corrected chi connectivity index (χ4v) is 5.43. The van der Waals surface area contributed by atoms with E-state index in [1.807, 2.05) is 115 Å². The number of halogens is 1. The third-order valence-electron chi connectivity index (χ3n) is 7.15. The molecule has 38 heavy (non-hydrogen) atoms. The van der Waals surface area contributed by atoms with E-state index in [0.29, 0.717) is 11.6 Å². The molecule has 6 nitrogen and oxygen atoms in total. The van der Waals surface area contributed by atoms with Crippen molar-refractivity contribution in [2.45, 2.75) is 33.4 Å². The maximum atomic E-state index is 14.1. The summed E-state index contributed by atoms with van der Waals surface area (Å²) in [7, 11) is 0. The van der Waals surface area contributed by atoms with Gasteiger partial charge in [-0.15, -0.1) is 0 Å². The zero-order chi connectivity index (χ0) is 26.4. The molecule has 5 aromatic rings. The summed E-state index contributed by atoms with van der Waals surface area (Å²) in [6, 6.07) is 27.4. The molecule has 1 N–H and O–H groups in total. The molecular formula is C31H28ClN5O. The average molecular weight is 522 g/mol. The van der Waals surface area contributed by atoms with E-state index in [-0.39, 0.29) is 12.1 Å². The van der Waals surface area contributed by atoms with E-state index in [0.717, 1.165) is 50.8 Å². The highest BCUT2D eigenvalue weighted by Gasteiger charge is 2.36. The normalized spacial score (nSPS) is 14.5. The summed E-state index contributed by atoms with van der Waals surface area (Å²) in [5.74, 6) is 0.933. The van der Waals surface area contributed by atoms with E-state index in [9.17, 15) is 4.79 Å². The minimum absolute atomic E-state index is 0.184. The second kappa shape index (κ2) is 9.54. The van der Waals surface area contributed by atoms with Crippen molar-refractivity contribution in [3.8, 4) is 11.5 Å². The fraction of sp³-hybridized carbons (Fsp3) is 0.161. The number of benzene rings is 3. The number of urea groups is 1. The number of carbonyl (C=O) groups is 1. The van der Waals surface area contributed by atoms with Crippen molar-refractivity contribution in [3.63, 3.8) is 0 Å². The van der Waals surface area contributed by atoms with Gasteiger partial charge in [0.05, 0.1) is 29.7 Å². The summed E-state index contributed by atoms with van der Waals surface area (Å²) in [4.78, 5) is 16.0. The van der Waals surface area contributed by atoms with Gasteiger partial charge in [0.15, 0.2) is 0 Å². The standard InChI is InChI=1S/C31H28ClN5O/c1-20-14-15-21(2)27(17-20)33-31(38)36-19-26-22(3)34-37(25-11-5-4-6-12-25)30(26)35-16-8-13-28(35)29(36)23-9-7-10-24(32)18-23/h4-18,29H,19H2,1-3H3,(H,33,38). The topological polar surface area (TPSA) is 55.1 Å². The van der Waals surface area contributed by atoms with Gasteiger partial charge in [-0.1, -0.05) is 54.1 Å². The first kappa shape index (κ1) is 24.1. The molecule has 0 aliphatic carbocycles. The number of hydrogen-bond acceptors (Lipinski definition) is 2. The van der Waals surface area contributed by atoms with Crippen molar-refractivity contribution in [1.82, 2.24) is 19.2 Å². The number of carbonyl (C=O) groups excluding carboxylic acids is 1. The van der Waals surface area contributed by atoms with Crippen LogP contribution in [0.2, 0.25) is 5.02 Å². The van der Waals surface area contributed by atoms with Crippen molar-refractivity contribution in [2.75, 3.05) is 5.32 Å². The monoisotopic (exact) mass is 521 g/mol. The van der Waals surface area contributed by atoms with Gasteiger partial charge in [0.2, 0.25) is 0 Å². The fourth-order valence-electron chi connectivity index (χ4n) is 5.23. The van der Waals surface area contributed by atoms with Gasteiger partial charge in [0, 0.05) is 22.5 Å². The van der Waals surface area contributed by atoms with Crippen LogP contribution in [0.3, 0.4) is 0 Å². The molecule has 2 aromatic heterocycles. The highest BCUT2D eigenvalue weighted by molar-refractivity contribution is 6.30. The first-order valence-electron chi connectivity index (χ1n) is 12.6. The molecule has 190 valence electrons. The Kier molecular flexibility index (Phi) is 6.04. The number of aromatic nitrogens is 3. The van der Waals surface area contributed by atoms with Crippen LogP contribution in [0.5, 0.6) is 0 Å². The van der Waals surface area contributed by atoms with Gasteiger partial charge >= 0.3 is 6.03 Å². The molecule has 1 aliphatic rings. The number of nitrogens with one attached hydrogen (secondary N) is 1. The van der Waals surface area contributed by atoms with Crippen LogP contribution >= 0.6 is 11.6 Å². The Morgan fingerprint density at radius 1 is 0.947 bits per heavy atom. The van der Waals surface area contributed by atoms with Crippen LogP contribution in [0.15, 0.2) is 91.1 Å². The van der Waals surface area contributed by atoms with Crippen molar-refractivity contribution in [1.29, 1.82) is 0 Å². The Balaban J connectivity index is 1.54. The smallest absolute Gasteiger partial charge is 0.308 e. The van der Waals surface area contributed by atoms with Crippen LogP contribution in [-0.2, 0) is 6.54 Å². The molecule has 1 atom stereocenters. The summed E-state index contributed by atoms with van der Waals surface area (Å²) < 4.78 is 4.12. The molecule has 0 radical (unpaired) electrons. The number of para-hydroxylation sites is 1. The Morgan fingerprint density at radius 2 is 1.76 bits per heavy atom. The Hall–Kier alpha value is -4.29. The molecule has 2 amide bonds. The first-order chi connectivity index (χ1) is 18.4.